The van der Waals surface area contributed by atoms with Gasteiger partial charge in [-0.25, -0.2) is 19.4 Å². The number of carboxylic acids is 6. The molecule has 2 heterocycles. The van der Waals surface area contributed by atoms with Crippen molar-refractivity contribution >= 4 is 81.7 Å². The molecule has 0 spiro atoms. The Morgan fingerprint density at radius 1 is 0.653 bits per heavy atom. The van der Waals surface area contributed by atoms with Crippen LogP contribution in [0, 0.1) is 6.92 Å². The monoisotopic (exact) mass is 1070 g/mol. The summed E-state index contributed by atoms with van der Waals surface area (Å²) in [5.74, 6) is -9.33. The molecule has 1 aromatic heterocycles. The lowest BCUT2D eigenvalue weighted by atomic mass is 10.0. The summed E-state index contributed by atoms with van der Waals surface area (Å²) < 4.78 is 0. The molecule has 2 aliphatic rings. The van der Waals surface area contributed by atoms with Gasteiger partial charge in [-0.1, -0.05) is 42.5 Å². The fourth-order valence-corrected chi connectivity index (χ4v) is 9.63. The average molecular weight is 1070 g/mol. The molecule has 1 saturated heterocycles. The number of aryl methyl sites for hydroxylation is 1. The quantitative estimate of drug-likeness (QED) is 0.0460. The van der Waals surface area contributed by atoms with Crippen molar-refractivity contribution in [1.82, 2.24) is 51.2 Å². The van der Waals surface area contributed by atoms with Crippen molar-refractivity contribution in [1.29, 1.82) is 0 Å². The van der Waals surface area contributed by atoms with Crippen LogP contribution >= 0.6 is 11.3 Å². The molecule has 0 bridgehead atoms. The van der Waals surface area contributed by atoms with Gasteiger partial charge in [0.05, 0.1) is 38.4 Å². The fraction of sp³-hybridized carbons (Fsp3) is 0.521. The summed E-state index contributed by atoms with van der Waals surface area (Å²) in [4.78, 5) is 135. The van der Waals surface area contributed by atoms with Gasteiger partial charge in [0.2, 0.25) is 11.8 Å². The van der Waals surface area contributed by atoms with Gasteiger partial charge in [0, 0.05) is 71.2 Å². The van der Waals surface area contributed by atoms with E-state index in [1.54, 1.807) is 26.5 Å². The minimum atomic E-state index is -1.57. The molecule has 27 heteroatoms. The fourth-order valence-electron chi connectivity index (χ4n) is 8.73. The normalized spacial score (nSPS) is 18.8. The third-order valence-corrected chi connectivity index (χ3v) is 14.0. The first-order chi connectivity index (χ1) is 35.6. The Bertz CT molecular complexity index is 2550. The van der Waals surface area contributed by atoms with Gasteiger partial charge in [0.25, 0.3) is 5.91 Å². The molecule has 5 amide bonds. The van der Waals surface area contributed by atoms with Crippen molar-refractivity contribution < 1.29 is 78.6 Å². The van der Waals surface area contributed by atoms with Crippen molar-refractivity contribution in [2.45, 2.75) is 75.5 Å². The Balaban J connectivity index is 1.21. The number of rotatable bonds is 26. The number of fused-ring (bicyclic) bond motifs is 1. The highest BCUT2D eigenvalue weighted by atomic mass is 32.1. The molecule has 408 valence electrons. The Labute approximate surface area is 434 Å². The van der Waals surface area contributed by atoms with E-state index in [-0.39, 0.29) is 122 Å². The predicted octanol–water partition coefficient (Wildman–Crippen LogP) is -0.291. The summed E-state index contributed by atoms with van der Waals surface area (Å²) in [6.07, 6.45) is -0.376. The number of thiazole rings is 1. The van der Waals surface area contributed by atoms with Gasteiger partial charge < -0.3 is 57.2 Å². The van der Waals surface area contributed by atoms with E-state index in [1.165, 1.54) is 0 Å². The maximum Gasteiger partial charge on any atom is 0.326 e. The summed E-state index contributed by atoms with van der Waals surface area (Å²) >= 11 is 1.02. The number of aliphatic carboxylic acids is 6. The molecule has 26 nitrogen and oxygen atoms in total. The molecule has 1 aliphatic carbocycles. The van der Waals surface area contributed by atoms with Crippen LogP contribution in [0.25, 0.3) is 10.8 Å². The number of benzene rings is 2. The van der Waals surface area contributed by atoms with Crippen LogP contribution in [0.3, 0.4) is 0 Å². The predicted molar refractivity (Wildman–Crippen MR) is 267 cm³/mol. The highest BCUT2D eigenvalue weighted by Gasteiger charge is 2.62. The zero-order valence-electron chi connectivity index (χ0n) is 41.3. The van der Waals surface area contributed by atoms with E-state index in [0.717, 1.165) is 27.7 Å². The number of carbonyl (C=O) groups excluding carboxylic acids is 4. The van der Waals surface area contributed by atoms with Crippen LogP contribution < -0.4 is 26.6 Å². The number of hydrogen-bond donors (Lipinski definition) is 11. The van der Waals surface area contributed by atoms with Crippen molar-refractivity contribution in [2.75, 3.05) is 85.1 Å². The number of urea groups is 1. The Morgan fingerprint density at radius 3 is 1.69 bits per heavy atom. The molecule has 11 N–H and O–H groups in total. The maximum absolute atomic E-state index is 14.2. The van der Waals surface area contributed by atoms with Gasteiger partial charge in [0.15, 0.2) is 0 Å². The maximum atomic E-state index is 14.2. The number of amides is 5. The van der Waals surface area contributed by atoms with E-state index in [1.807, 2.05) is 42.5 Å². The van der Waals surface area contributed by atoms with Gasteiger partial charge >= 0.3 is 41.8 Å². The summed E-state index contributed by atoms with van der Waals surface area (Å²) in [6, 6.07) is 9.32. The highest BCUT2D eigenvalue weighted by Crippen LogP contribution is 2.52. The van der Waals surface area contributed by atoms with E-state index in [2.05, 4.69) is 31.6 Å². The molecule has 0 radical (unpaired) electrons. The van der Waals surface area contributed by atoms with Gasteiger partial charge in [-0.3, -0.25) is 53.2 Å². The van der Waals surface area contributed by atoms with Gasteiger partial charge in [0.1, 0.15) is 27.5 Å². The number of carbonyl (C=O) groups is 10. The number of nitrogens with zero attached hydrogens (tertiary/aromatic N) is 5. The largest absolute Gasteiger partial charge is 0.481 e. The molecule has 2 unspecified atom stereocenters. The molecule has 3 aromatic rings. The van der Waals surface area contributed by atoms with E-state index < -0.39 is 96.0 Å². The Hall–Kier alpha value is -7.33. The minimum Gasteiger partial charge on any atom is -0.481 e. The lowest BCUT2D eigenvalue weighted by molar-refractivity contribution is -0.141. The van der Waals surface area contributed by atoms with Crippen molar-refractivity contribution in [3.63, 3.8) is 0 Å². The second kappa shape index (κ2) is 27.8. The second-order valence-corrected chi connectivity index (χ2v) is 19.5. The van der Waals surface area contributed by atoms with Crippen LogP contribution in [-0.2, 0) is 44.9 Å². The van der Waals surface area contributed by atoms with Crippen LogP contribution in [0.4, 0.5) is 4.79 Å². The summed E-state index contributed by atoms with van der Waals surface area (Å²) in [6.45, 7) is 2.32. The smallest absolute Gasteiger partial charge is 0.326 e. The molecular formula is C48H64N10O16S. The highest BCUT2D eigenvalue weighted by molar-refractivity contribution is 7.13. The van der Waals surface area contributed by atoms with Gasteiger partial charge in [-0.05, 0) is 55.4 Å². The first-order valence-electron chi connectivity index (χ1n) is 24.2. The van der Waals surface area contributed by atoms with E-state index >= 15 is 0 Å². The second-order valence-electron chi connectivity index (χ2n) is 18.5. The SMILES string of the molecule is Cc1nc(CNC(=O)CN2CCN(CC(=O)O)CCN(CC(=O)O)CCN(CC(=O)O)CC2)sc1C(=O)NC1(C(=O)NCCCC[C@H](NC(=O)N[C@@H](CCC(=O)O)C(=O)O)C(=O)O)CC1c1ccc2ccccc2c1. The molecule has 2 fully saturated rings. The van der Waals surface area contributed by atoms with Crippen LogP contribution in [0.5, 0.6) is 0 Å². The Kier molecular flexibility index (Phi) is 21.7. The van der Waals surface area contributed by atoms with Crippen LogP contribution in [-0.4, -0.2) is 217 Å². The molecule has 1 saturated carbocycles. The number of aromatic nitrogens is 1. The molecule has 2 aromatic carbocycles. The van der Waals surface area contributed by atoms with E-state index in [9.17, 15) is 73.5 Å². The van der Waals surface area contributed by atoms with Crippen LogP contribution in [0.1, 0.15) is 70.4 Å². The molecular weight excluding hydrogens is 1000 g/mol. The van der Waals surface area contributed by atoms with Gasteiger partial charge in [-0.15, -0.1) is 11.3 Å². The number of nitrogens with one attached hydrogen (secondary N) is 5. The summed E-state index contributed by atoms with van der Waals surface area (Å²) in [5, 5.41) is 71.7. The Morgan fingerprint density at radius 2 is 1.17 bits per heavy atom. The molecule has 4 atom stereocenters. The number of unbranched alkanes of at least 4 members (excludes halogenated alkanes) is 1. The molecule has 1 aliphatic heterocycles. The minimum absolute atomic E-state index is 0.0606. The van der Waals surface area contributed by atoms with Crippen LogP contribution in [0.15, 0.2) is 42.5 Å². The summed E-state index contributed by atoms with van der Waals surface area (Å²) in [5.41, 5.74) is -0.245. The zero-order chi connectivity index (χ0) is 54.8. The van der Waals surface area contributed by atoms with Gasteiger partial charge in [-0.2, -0.15) is 0 Å². The standard InChI is InChI=1S/C48H64N10O16S/c1-29-42(75-37(51-29)24-50-36(59)25-55-14-16-56(26-39(62)63)18-20-58(28-41(66)67)21-19-57(17-15-55)27-40(64)65)43(68)54-48(23-33(48)32-10-9-30-6-2-3-7-31(30)22-32)46(73)49-13-5-4-8-34(44(69)70)52-47(74)53-35(45(71)72)11-12-38(60)61/h2-3,6-7,9-10,22,33-35H,4-5,8,11-21,23-28H2,1H3,(H,49,73)(H,50,59)(H,54,68)(H,60,61)(H,62,63)(H,64,65)(H,66,67)(H,69,70)(H,71,72)(H2,52,53,74)/t33?,34-,35-,48?/m0/s1. The third kappa shape index (κ3) is 18.5. The van der Waals surface area contributed by atoms with Crippen molar-refractivity contribution in [2.24, 2.45) is 0 Å². The van der Waals surface area contributed by atoms with E-state index in [0.29, 0.717) is 10.7 Å². The lowest BCUT2D eigenvalue weighted by Crippen LogP contribution is -2.51. The first-order valence-corrected chi connectivity index (χ1v) is 25.1. The van der Waals surface area contributed by atoms with Crippen molar-refractivity contribution in [3.05, 3.63) is 63.6 Å². The van der Waals surface area contributed by atoms with E-state index in [4.69, 9.17) is 5.11 Å². The lowest BCUT2D eigenvalue weighted by Gasteiger charge is -2.32. The number of carboxylic acid groups (broad SMARTS) is 6. The molecule has 5 rings (SSSR count). The molecule has 75 heavy (non-hydrogen) atoms. The topological polar surface area (TPSA) is 378 Å². The summed E-state index contributed by atoms with van der Waals surface area (Å²) in [7, 11) is 0. The first kappa shape index (κ1) is 58.6. The zero-order valence-corrected chi connectivity index (χ0v) is 42.1. The van der Waals surface area contributed by atoms with Crippen LogP contribution in [0.2, 0.25) is 0 Å². The third-order valence-electron chi connectivity index (χ3n) is 12.8. The average Bonchev–Trinajstić information content (AvgIpc) is 3.95. The van der Waals surface area contributed by atoms with Crippen molar-refractivity contribution in [3.8, 4) is 0 Å². The number of hydrogen-bond acceptors (Lipinski definition) is 16.